The number of hydrogen-bond acceptors (Lipinski definition) is 3. The Kier molecular flexibility index (Phi) is 3.50. The third kappa shape index (κ3) is 2.49. The first-order chi connectivity index (χ1) is 9.15. The number of anilines is 1. The van der Waals surface area contributed by atoms with Crippen LogP contribution < -0.4 is 5.73 Å². The Hall–Kier alpha value is -1.06. The van der Waals surface area contributed by atoms with Gasteiger partial charge in [-0.2, -0.15) is 0 Å². The standard InChI is InChI=1S/C16H25N3/c1-18(2)11-14-4-3-9-19(14)16-8-5-12-10-13(17)6-7-15(12)16/h6-7,10,14,16H,3-5,8-9,11,17H2,1-2H3. The van der Waals surface area contributed by atoms with Crippen LogP contribution in [0.2, 0.25) is 0 Å². The Bertz CT molecular complexity index is 455. The second-order valence-corrected chi connectivity index (χ2v) is 6.31. The van der Waals surface area contributed by atoms with Gasteiger partial charge in [-0.1, -0.05) is 6.07 Å². The lowest BCUT2D eigenvalue weighted by Gasteiger charge is -2.32. The normalized spacial score (nSPS) is 27.1. The van der Waals surface area contributed by atoms with E-state index < -0.39 is 0 Å². The van der Waals surface area contributed by atoms with Crippen molar-refractivity contribution in [3.05, 3.63) is 29.3 Å². The monoisotopic (exact) mass is 259 g/mol. The number of likely N-dealkylation sites (N-methyl/N-ethyl adjacent to an activating group) is 1. The molecule has 1 aliphatic carbocycles. The molecule has 3 nitrogen and oxygen atoms in total. The fourth-order valence-corrected chi connectivity index (χ4v) is 3.85. The lowest BCUT2D eigenvalue weighted by Crippen LogP contribution is -2.39. The molecular weight excluding hydrogens is 234 g/mol. The Morgan fingerprint density at radius 1 is 1.32 bits per heavy atom. The van der Waals surface area contributed by atoms with Gasteiger partial charge in [-0.15, -0.1) is 0 Å². The molecule has 0 saturated carbocycles. The number of hydrogen-bond donors (Lipinski definition) is 1. The molecule has 2 N–H and O–H groups in total. The molecule has 0 amide bonds. The lowest BCUT2D eigenvalue weighted by atomic mass is 10.1. The molecule has 104 valence electrons. The van der Waals surface area contributed by atoms with Gasteiger partial charge in [0.2, 0.25) is 0 Å². The second kappa shape index (κ2) is 5.14. The van der Waals surface area contributed by atoms with Crippen molar-refractivity contribution in [3.63, 3.8) is 0 Å². The summed E-state index contributed by atoms with van der Waals surface area (Å²) in [5.41, 5.74) is 9.81. The Balaban J connectivity index is 1.81. The summed E-state index contributed by atoms with van der Waals surface area (Å²) in [6.45, 7) is 2.44. The highest BCUT2D eigenvalue weighted by molar-refractivity contribution is 5.47. The number of nitrogens with two attached hydrogens (primary N) is 1. The molecule has 19 heavy (non-hydrogen) atoms. The fraction of sp³-hybridized carbons (Fsp3) is 0.625. The number of benzene rings is 1. The van der Waals surface area contributed by atoms with Crippen molar-refractivity contribution in [2.75, 3.05) is 32.9 Å². The molecule has 0 spiro atoms. The van der Waals surface area contributed by atoms with E-state index in [9.17, 15) is 0 Å². The van der Waals surface area contributed by atoms with Crippen LogP contribution in [0.4, 0.5) is 5.69 Å². The van der Waals surface area contributed by atoms with E-state index in [-0.39, 0.29) is 0 Å². The van der Waals surface area contributed by atoms with Gasteiger partial charge in [0.05, 0.1) is 0 Å². The van der Waals surface area contributed by atoms with Crippen LogP contribution >= 0.6 is 0 Å². The van der Waals surface area contributed by atoms with E-state index in [2.05, 4.69) is 42.1 Å². The maximum absolute atomic E-state index is 5.90. The van der Waals surface area contributed by atoms with E-state index in [1.807, 2.05) is 0 Å². The van der Waals surface area contributed by atoms with Crippen LogP contribution in [0, 0.1) is 0 Å². The molecule has 0 bridgehead atoms. The number of rotatable bonds is 3. The largest absolute Gasteiger partial charge is 0.399 e. The predicted molar refractivity (Wildman–Crippen MR) is 80.2 cm³/mol. The van der Waals surface area contributed by atoms with Crippen LogP contribution in [0.15, 0.2) is 18.2 Å². The van der Waals surface area contributed by atoms with Crippen molar-refractivity contribution < 1.29 is 0 Å². The van der Waals surface area contributed by atoms with Crippen LogP contribution in [0.1, 0.15) is 36.4 Å². The summed E-state index contributed by atoms with van der Waals surface area (Å²) in [5, 5.41) is 0. The van der Waals surface area contributed by atoms with Crippen molar-refractivity contribution >= 4 is 5.69 Å². The SMILES string of the molecule is CN(C)CC1CCCN1C1CCc2cc(N)ccc21. The predicted octanol–water partition coefficient (Wildman–Crippen LogP) is 2.28. The van der Waals surface area contributed by atoms with Crippen molar-refractivity contribution in [1.82, 2.24) is 9.80 Å². The molecule has 3 rings (SSSR count). The van der Waals surface area contributed by atoms with Gasteiger partial charge in [0.25, 0.3) is 0 Å². The summed E-state index contributed by atoms with van der Waals surface area (Å²) < 4.78 is 0. The number of fused-ring (bicyclic) bond motifs is 1. The summed E-state index contributed by atoms with van der Waals surface area (Å²) in [6.07, 6.45) is 5.15. The van der Waals surface area contributed by atoms with Gasteiger partial charge in [-0.25, -0.2) is 0 Å². The van der Waals surface area contributed by atoms with Crippen LogP contribution in [0.5, 0.6) is 0 Å². The molecule has 2 atom stereocenters. The summed E-state index contributed by atoms with van der Waals surface area (Å²) in [7, 11) is 4.36. The molecule has 0 radical (unpaired) electrons. The average Bonchev–Trinajstić information content (AvgIpc) is 2.93. The average molecular weight is 259 g/mol. The summed E-state index contributed by atoms with van der Waals surface area (Å²) in [6, 6.07) is 7.85. The fourth-order valence-electron chi connectivity index (χ4n) is 3.85. The maximum atomic E-state index is 5.90. The van der Waals surface area contributed by atoms with Crippen LogP contribution in [-0.2, 0) is 6.42 Å². The van der Waals surface area contributed by atoms with Gasteiger partial charge in [0.15, 0.2) is 0 Å². The first-order valence-electron chi connectivity index (χ1n) is 7.44. The summed E-state index contributed by atoms with van der Waals surface area (Å²) in [5.74, 6) is 0. The van der Waals surface area contributed by atoms with Gasteiger partial charge >= 0.3 is 0 Å². The highest BCUT2D eigenvalue weighted by Crippen LogP contribution is 2.40. The van der Waals surface area contributed by atoms with Crippen LogP contribution in [-0.4, -0.2) is 43.0 Å². The number of aryl methyl sites for hydroxylation is 1. The molecule has 1 aromatic carbocycles. The highest BCUT2D eigenvalue weighted by atomic mass is 15.2. The molecular formula is C16H25N3. The van der Waals surface area contributed by atoms with Crippen molar-refractivity contribution in [3.8, 4) is 0 Å². The topological polar surface area (TPSA) is 32.5 Å². The third-order valence-electron chi connectivity index (χ3n) is 4.61. The molecule has 2 aliphatic rings. The number of nitrogen functional groups attached to an aromatic ring is 1. The summed E-state index contributed by atoms with van der Waals surface area (Å²) >= 11 is 0. The Morgan fingerprint density at radius 3 is 2.95 bits per heavy atom. The van der Waals surface area contributed by atoms with Crippen molar-refractivity contribution in [2.45, 2.75) is 37.8 Å². The minimum atomic E-state index is 0.628. The minimum Gasteiger partial charge on any atom is -0.399 e. The molecule has 1 heterocycles. The van der Waals surface area contributed by atoms with E-state index >= 15 is 0 Å². The van der Waals surface area contributed by atoms with Gasteiger partial charge < -0.3 is 10.6 Å². The van der Waals surface area contributed by atoms with Gasteiger partial charge in [-0.05, 0) is 69.6 Å². The highest BCUT2D eigenvalue weighted by Gasteiger charge is 2.35. The maximum Gasteiger partial charge on any atom is 0.0357 e. The molecule has 0 aromatic heterocycles. The molecule has 1 fully saturated rings. The summed E-state index contributed by atoms with van der Waals surface area (Å²) in [4.78, 5) is 5.06. The van der Waals surface area contributed by atoms with Gasteiger partial charge in [-0.3, -0.25) is 4.90 Å². The zero-order valence-electron chi connectivity index (χ0n) is 12.1. The first kappa shape index (κ1) is 12.9. The molecule has 1 aliphatic heterocycles. The van der Waals surface area contributed by atoms with E-state index in [1.54, 1.807) is 0 Å². The van der Waals surface area contributed by atoms with Crippen molar-refractivity contribution in [2.24, 2.45) is 0 Å². The number of likely N-dealkylation sites (tertiary alicyclic amines) is 1. The van der Waals surface area contributed by atoms with E-state index in [0.717, 1.165) is 11.7 Å². The second-order valence-electron chi connectivity index (χ2n) is 6.31. The van der Waals surface area contributed by atoms with Gasteiger partial charge in [0.1, 0.15) is 0 Å². The molecule has 1 aromatic rings. The smallest absolute Gasteiger partial charge is 0.0357 e. The third-order valence-corrected chi connectivity index (χ3v) is 4.61. The number of nitrogens with zero attached hydrogens (tertiary/aromatic N) is 2. The quantitative estimate of drug-likeness (QED) is 0.845. The van der Waals surface area contributed by atoms with Crippen LogP contribution in [0.3, 0.4) is 0 Å². The molecule has 2 unspecified atom stereocenters. The minimum absolute atomic E-state index is 0.628. The zero-order valence-corrected chi connectivity index (χ0v) is 12.1. The van der Waals surface area contributed by atoms with E-state index in [1.165, 1.54) is 49.9 Å². The molecule has 3 heteroatoms. The Labute approximate surface area is 116 Å². The van der Waals surface area contributed by atoms with Crippen molar-refractivity contribution in [1.29, 1.82) is 0 Å². The zero-order chi connectivity index (χ0) is 13.4. The van der Waals surface area contributed by atoms with E-state index in [0.29, 0.717) is 6.04 Å². The van der Waals surface area contributed by atoms with E-state index in [4.69, 9.17) is 5.73 Å². The van der Waals surface area contributed by atoms with Crippen LogP contribution in [0.25, 0.3) is 0 Å². The Morgan fingerprint density at radius 2 is 2.16 bits per heavy atom. The first-order valence-corrected chi connectivity index (χ1v) is 7.44. The van der Waals surface area contributed by atoms with Gasteiger partial charge in [0, 0.05) is 24.3 Å². The lowest BCUT2D eigenvalue weighted by molar-refractivity contribution is 0.152. The molecule has 1 saturated heterocycles.